The summed E-state index contributed by atoms with van der Waals surface area (Å²) in [5, 5.41) is 8.28. The maximum atomic E-state index is 10.1. The van der Waals surface area contributed by atoms with E-state index in [9.17, 15) is 4.79 Å². The van der Waals surface area contributed by atoms with Gasteiger partial charge < -0.3 is 9.84 Å². The number of hydrogen-bond donors (Lipinski definition) is 1. The Labute approximate surface area is 58.7 Å². The highest BCUT2D eigenvalue weighted by Gasteiger charge is 2.17. The lowest BCUT2D eigenvalue weighted by Gasteiger charge is -1.95. The van der Waals surface area contributed by atoms with Crippen molar-refractivity contribution in [3.05, 3.63) is 12.3 Å². The van der Waals surface area contributed by atoms with Crippen LogP contribution in [0.15, 0.2) is 12.3 Å². The molecule has 1 aliphatic heterocycles. The Hall–Kier alpha value is -0.700. The number of halogens is 1. The molecule has 0 aromatic heterocycles. The van der Waals surface area contributed by atoms with Crippen LogP contribution < -0.4 is 0 Å². The van der Waals surface area contributed by atoms with Crippen LogP contribution in [0, 0.1) is 5.92 Å². The van der Waals surface area contributed by atoms with Crippen LogP contribution in [0.3, 0.4) is 0 Å². The van der Waals surface area contributed by atoms with E-state index in [4.69, 9.17) is 5.11 Å². The highest BCUT2D eigenvalue weighted by Crippen LogP contribution is 2.06. The topological polar surface area (TPSA) is 46.5 Å². The van der Waals surface area contributed by atoms with Crippen molar-refractivity contribution in [2.75, 3.05) is 6.61 Å². The molecule has 0 aromatic carbocycles. The molecule has 4 heteroatoms. The summed E-state index contributed by atoms with van der Waals surface area (Å²) in [5.74, 6) is -1.24. The molecule has 1 heterocycles. The van der Waals surface area contributed by atoms with Gasteiger partial charge in [-0.05, 0) is 6.08 Å². The zero-order valence-electron chi connectivity index (χ0n) is 4.61. The molecule has 9 heavy (non-hydrogen) atoms. The molecule has 0 radical (unpaired) electrons. The van der Waals surface area contributed by atoms with Gasteiger partial charge in [0.1, 0.15) is 12.5 Å². The number of carboxylic acid groups (broad SMARTS) is 1. The average molecular weight is 151 g/mol. The van der Waals surface area contributed by atoms with Crippen LogP contribution in [-0.2, 0) is 9.53 Å². The van der Waals surface area contributed by atoms with Crippen molar-refractivity contribution < 1.29 is 14.6 Å². The van der Waals surface area contributed by atoms with E-state index >= 15 is 0 Å². The molecule has 0 saturated heterocycles. The second-order valence-corrected chi connectivity index (χ2v) is 1.61. The standard InChI is InChI=1S/C5H6O3.ClH/c6-5(7)4-1-2-8-3-4;/h1-2,4H,3H2,(H,6,7);1H. The molecule has 1 rings (SSSR count). The van der Waals surface area contributed by atoms with Crippen LogP contribution in [-0.4, -0.2) is 17.7 Å². The third-order valence-corrected chi connectivity index (χ3v) is 1.00. The number of carboxylic acids is 1. The van der Waals surface area contributed by atoms with Crippen molar-refractivity contribution >= 4 is 18.4 Å². The van der Waals surface area contributed by atoms with Gasteiger partial charge in [0.15, 0.2) is 0 Å². The molecule has 1 N–H and O–H groups in total. The number of carbonyl (C=O) groups is 1. The Morgan fingerprint density at radius 1 is 1.78 bits per heavy atom. The summed E-state index contributed by atoms with van der Waals surface area (Å²) in [7, 11) is 0. The quantitative estimate of drug-likeness (QED) is 0.597. The zero-order chi connectivity index (χ0) is 5.98. The van der Waals surface area contributed by atoms with E-state index in [0.717, 1.165) is 0 Å². The first-order valence-electron chi connectivity index (χ1n) is 2.32. The zero-order valence-corrected chi connectivity index (χ0v) is 5.43. The van der Waals surface area contributed by atoms with Gasteiger partial charge in [0, 0.05) is 0 Å². The first-order chi connectivity index (χ1) is 3.80. The van der Waals surface area contributed by atoms with Crippen molar-refractivity contribution in [1.82, 2.24) is 0 Å². The molecule has 1 aliphatic rings. The number of ether oxygens (including phenoxy) is 1. The second-order valence-electron chi connectivity index (χ2n) is 1.61. The van der Waals surface area contributed by atoms with Crippen LogP contribution in [0.2, 0.25) is 0 Å². The molecule has 0 saturated carbocycles. The highest BCUT2D eigenvalue weighted by molar-refractivity contribution is 5.85. The summed E-state index contributed by atoms with van der Waals surface area (Å²) in [6.45, 7) is 0.287. The van der Waals surface area contributed by atoms with Gasteiger partial charge in [0.05, 0.1) is 6.26 Å². The van der Waals surface area contributed by atoms with Crippen molar-refractivity contribution in [2.24, 2.45) is 5.92 Å². The summed E-state index contributed by atoms with van der Waals surface area (Å²) in [6, 6.07) is 0. The highest BCUT2D eigenvalue weighted by atomic mass is 35.5. The third kappa shape index (κ3) is 1.93. The monoisotopic (exact) mass is 150 g/mol. The van der Waals surface area contributed by atoms with Crippen molar-refractivity contribution in [1.29, 1.82) is 0 Å². The maximum Gasteiger partial charge on any atom is 0.313 e. The van der Waals surface area contributed by atoms with E-state index in [-0.39, 0.29) is 19.0 Å². The van der Waals surface area contributed by atoms with Gasteiger partial charge >= 0.3 is 5.97 Å². The summed E-state index contributed by atoms with van der Waals surface area (Å²) >= 11 is 0. The first-order valence-corrected chi connectivity index (χ1v) is 2.32. The number of hydrogen-bond acceptors (Lipinski definition) is 2. The lowest BCUT2D eigenvalue weighted by Crippen LogP contribution is -2.11. The summed E-state index contributed by atoms with van der Waals surface area (Å²) in [4.78, 5) is 10.1. The van der Waals surface area contributed by atoms with Crippen molar-refractivity contribution in [3.8, 4) is 0 Å². The van der Waals surface area contributed by atoms with Gasteiger partial charge in [-0.25, -0.2) is 0 Å². The van der Waals surface area contributed by atoms with Gasteiger partial charge in [0.25, 0.3) is 0 Å². The molecular formula is C5H7ClO3. The van der Waals surface area contributed by atoms with E-state index < -0.39 is 11.9 Å². The fraction of sp³-hybridized carbons (Fsp3) is 0.400. The third-order valence-electron chi connectivity index (χ3n) is 1.00. The number of rotatable bonds is 1. The second kappa shape index (κ2) is 3.35. The molecule has 1 unspecified atom stereocenters. The van der Waals surface area contributed by atoms with E-state index in [1.165, 1.54) is 12.3 Å². The van der Waals surface area contributed by atoms with Gasteiger partial charge in [-0.3, -0.25) is 4.79 Å². The van der Waals surface area contributed by atoms with Crippen LogP contribution >= 0.6 is 12.4 Å². The average Bonchev–Trinajstić information content (AvgIpc) is 2.12. The van der Waals surface area contributed by atoms with Crippen LogP contribution in [0.5, 0.6) is 0 Å². The van der Waals surface area contributed by atoms with E-state index in [1.54, 1.807) is 0 Å². The van der Waals surface area contributed by atoms with Gasteiger partial charge in [-0.1, -0.05) is 0 Å². The lowest BCUT2D eigenvalue weighted by atomic mass is 10.2. The predicted octanol–water partition coefficient (Wildman–Crippen LogP) is 0.653. The SMILES string of the molecule is Cl.O=C(O)C1C=COC1. The molecular weight excluding hydrogens is 144 g/mol. The minimum Gasteiger partial charge on any atom is -0.500 e. The fourth-order valence-electron chi connectivity index (χ4n) is 0.519. The first kappa shape index (κ1) is 8.30. The van der Waals surface area contributed by atoms with Gasteiger partial charge in [-0.2, -0.15) is 0 Å². The Bertz CT molecular complexity index is 132. The van der Waals surface area contributed by atoms with E-state index in [0.29, 0.717) is 0 Å². The van der Waals surface area contributed by atoms with Gasteiger partial charge in [-0.15, -0.1) is 12.4 Å². The molecule has 0 fully saturated rings. The molecule has 1 atom stereocenters. The number of aliphatic carboxylic acids is 1. The minimum atomic E-state index is -0.821. The summed E-state index contributed by atoms with van der Waals surface area (Å²) in [6.07, 6.45) is 2.95. The molecule has 0 bridgehead atoms. The summed E-state index contributed by atoms with van der Waals surface area (Å²) in [5.41, 5.74) is 0. The fourth-order valence-corrected chi connectivity index (χ4v) is 0.519. The Balaban J connectivity index is 0.000000640. The minimum absolute atomic E-state index is 0. The molecule has 52 valence electrons. The summed E-state index contributed by atoms with van der Waals surface area (Å²) < 4.78 is 4.66. The normalized spacial score (nSPS) is 22.4. The van der Waals surface area contributed by atoms with E-state index in [1.807, 2.05) is 0 Å². The molecule has 0 amide bonds. The Morgan fingerprint density at radius 3 is 2.67 bits per heavy atom. The van der Waals surface area contributed by atoms with Crippen LogP contribution in [0.4, 0.5) is 0 Å². The Kier molecular flexibility index (Phi) is 3.09. The van der Waals surface area contributed by atoms with E-state index in [2.05, 4.69) is 4.74 Å². The van der Waals surface area contributed by atoms with Crippen molar-refractivity contribution in [3.63, 3.8) is 0 Å². The Morgan fingerprint density at radius 2 is 2.44 bits per heavy atom. The molecule has 0 aromatic rings. The largest absolute Gasteiger partial charge is 0.500 e. The molecule has 0 spiro atoms. The van der Waals surface area contributed by atoms with Crippen LogP contribution in [0.1, 0.15) is 0 Å². The van der Waals surface area contributed by atoms with Gasteiger partial charge in [0.2, 0.25) is 0 Å². The maximum absolute atomic E-state index is 10.1. The predicted molar refractivity (Wildman–Crippen MR) is 33.5 cm³/mol. The molecule has 3 nitrogen and oxygen atoms in total. The van der Waals surface area contributed by atoms with Crippen molar-refractivity contribution in [2.45, 2.75) is 0 Å². The molecule has 0 aliphatic carbocycles. The lowest BCUT2D eigenvalue weighted by molar-refractivity contribution is -0.140. The van der Waals surface area contributed by atoms with Crippen LogP contribution in [0.25, 0.3) is 0 Å². The smallest absolute Gasteiger partial charge is 0.313 e.